The van der Waals surface area contributed by atoms with Crippen molar-refractivity contribution < 1.29 is 13.9 Å². The molecule has 0 bridgehead atoms. The molecule has 0 atom stereocenters. The fourth-order valence-corrected chi connectivity index (χ4v) is 4.88. The van der Waals surface area contributed by atoms with Crippen LogP contribution in [0.15, 0.2) is 27.4 Å². The molecule has 4 rings (SSSR count). The summed E-state index contributed by atoms with van der Waals surface area (Å²) in [7, 11) is 0. The molecule has 0 radical (unpaired) electrons. The van der Waals surface area contributed by atoms with Gasteiger partial charge in [0.2, 0.25) is 0 Å². The summed E-state index contributed by atoms with van der Waals surface area (Å²) in [6, 6.07) is 5.56. The average Bonchev–Trinajstić information content (AvgIpc) is 3.11. The lowest BCUT2D eigenvalue weighted by Crippen LogP contribution is -2.29. The molecule has 0 amide bonds. The molecule has 1 fully saturated rings. The SMILES string of the molecule is CC(C)(C)C1CCC(C(=O)OCc2cc(=O)oc3cc4c(cc23)CCC4)CC1. The summed E-state index contributed by atoms with van der Waals surface area (Å²) in [5.41, 5.74) is 3.84. The van der Waals surface area contributed by atoms with Crippen LogP contribution < -0.4 is 5.63 Å². The van der Waals surface area contributed by atoms with Crippen LogP contribution in [0.3, 0.4) is 0 Å². The zero-order valence-electron chi connectivity index (χ0n) is 17.2. The third-order valence-electron chi connectivity index (χ3n) is 6.70. The Kier molecular flexibility index (Phi) is 5.07. The van der Waals surface area contributed by atoms with E-state index in [2.05, 4.69) is 26.8 Å². The monoisotopic (exact) mass is 382 g/mol. The van der Waals surface area contributed by atoms with Crippen LogP contribution in [0.5, 0.6) is 0 Å². The Balaban J connectivity index is 1.46. The number of ether oxygens (including phenoxy) is 1. The van der Waals surface area contributed by atoms with Crippen LogP contribution in [-0.2, 0) is 29.0 Å². The first-order valence-electron chi connectivity index (χ1n) is 10.6. The number of fused-ring (bicyclic) bond motifs is 2. The van der Waals surface area contributed by atoms with Crippen LogP contribution in [0.2, 0.25) is 0 Å². The van der Waals surface area contributed by atoms with Gasteiger partial charge in [0.15, 0.2) is 0 Å². The van der Waals surface area contributed by atoms with Crippen LogP contribution in [0, 0.1) is 17.3 Å². The first-order chi connectivity index (χ1) is 13.3. The van der Waals surface area contributed by atoms with Gasteiger partial charge in [0.25, 0.3) is 0 Å². The smallest absolute Gasteiger partial charge is 0.336 e. The molecule has 0 N–H and O–H groups in total. The topological polar surface area (TPSA) is 56.5 Å². The molecule has 28 heavy (non-hydrogen) atoms. The van der Waals surface area contributed by atoms with E-state index in [1.165, 1.54) is 17.2 Å². The van der Waals surface area contributed by atoms with Crippen LogP contribution in [0.4, 0.5) is 0 Å². The van der Waals surface area contributed by atoms with Crippen molar-refractivity contribution in [2.45, 2.75) is 72.3 Å². The van der Waals surface area contributed by atoms with Gasteiger partial charge in [-0.15, -0.1) is 0 Å². The number of carbonyl (C=O) groups is 1. The molecule has 0 saturated heterocycles. The van der Waals surface area contributed by atoms with Gasteiger partial charge in [-0.3, -0.25) is 4.79 Å². The van der Waals surface area contributed by atoms with Gasteiger partial charge in [0.1, 0.15) is 12.2 Å². The minimum absolute atomic E-state index is 0.0192. The number of hydrogen-bond acceptors (Lipinski definition) is 4. The third-order valence-corrected chi connectivity index (χ3v) is 6.70. The Bertz CT molecular complexity index is 939. The minimum Gasteiger partial charge on any atom is -0.461 e. The van der Waals surface area contributed by atoms with E-state index >= 15 is 0 Å². The predicted octanol–water partition coefficient (Wildman–Crippen LogP) is 5.18. The second-order valence-electron chi connectivity index (χ2n) is 9.58. The highest BCUT2D eigenvalue weighted by Gasteiger charge is 2.33. The van der Waals surface area contributed by atoms with Crippen molar-refractivity contribution >= 4 is 16.9 Å². The van der Waals surface area contributed by atoms with E-state index in [0.29, 0.717) is 16.9 Å². The van der Waals surface area contributed by atoms with Crippen molar-refractivity contribution in [2.75, 3.05) is 0 Å². The van der Waals surface area contributed by atoms with Crippen LogP contribution >= 0.6 is 0 Å². The molecule has 1 heterocycles. The van der Waals surface area contributed by atoms with E-state index in [1.54, 1.807) is 0 Å². The number of carbonyl (C=O) groups excluding carboxylic acids is 1. The summed E-state index contributed by atoms with van der Waals surface area (Å²) in [6.07, 6.45) is 7.17. The third kappa shape index (κ3) is 3.87. The molecule has 2 aliphatic carbocycles. The van der Waals surface area contributed by atoms with E-state index in [4.69, 9.17) is 9.15 Å². The van der Waals surface area contributed by atoms with Gasteiger partial charge < -0.3 is 9.15 Å². The molecule has 150 valence electrons. The first kappa shape index (κ1) is 19.2. The minimum atomic E-state index is -0.387. The second kappa shape index (κ2) is 7.38. The summed E-state index contributed by atoms with van der Waals surface area (Å²) in [5, 5.41) is 0.893. The molecule has 2 aliphatic rings. The molecule has 0 spiro atoms. The summed E-state index contributed by atoms with van der Waals surface area (Å²) in [6.45, 7) is 6.97. The van der Waals surface area contributed by atoms with Crippen molar-refractivity contribution in [3.8, 4) is 0 Å². The van der Waals surface area contributed by atoms with Crippen LogP contribution in [-0.4, -0.2) is 5.97 Å². The van der Waals surface area contributed by atoms with Gasteiger partial charge in [-0.25, -0.2) is 4.79 Å². The maximum atomic E-state index is 12.6. The molecule has 1 aromatic carbocycles. The molecule has 1 aromatic heterocycles. The molecular formula is C24H30O4. The van der Waals surface area contributed by atoms with Crippen LogP contribution in [0.1, 0.15) is 69.6 Å². The van der Waals surface area contributed by atoms with Crippen molar-refractivity contribution in [2.24, 2.45) is 17.3 Å². The molecule has 0 unspecified atom stereocenters. The lowest BCUT2D eigenvalue weighted by molar-refractivity contribution is -0.151. The van der Waals surface area contributed by atoms with E-state index in [1.807, 2.05) is 6.07 Å². The van der Waals surface area contributed by atoms with Crippen molar-refractivity contribution in [1.82, 2.24) is 0 Å². The van der Waals surface area contributed by atoms with Gasteiger partial charge >= 0.3 is 11.6 Å². The lowest BCUT2D eigenvalue weighted by atomic mass is 9.70. The van der Waals surface area contributed by atoms with E-state index in [0.717, 1.165) is 55.9 Å². The van der Waals surface area contributed by atoms with Gasteiger partial charge in [-0.1, -0.05) is 20.8 Å². The molecular weight excluding hydrogens is 352 g/mol. The normalized spacial score (nSPS) is 22.2. The average molecular weight is 383 g/mol. The molecule has 1 saturated carbocycles. The zero-order chi connectivity index (χ0) is 19.9. The summed E-state index contributed by atoms with van der Waals surface area (Å²) >= 11 is 0. The number of hydrogen-bond donors (Lipinski definition) is 0. The Labute approximate surface area is 166 Å². The highest BCUT2D eigenvalue weighted by Crippen LogP contribution is 2.40. The molecule has 0 aliphatic heterocycles. The first-order valence-corrected chi connectivity index (χ1v) is 10.6. The molecule has 4 heteroatoms. The summed E-state index contributed by atoms with van der Waals surface area (Å²) in [5.74, 6) is 0.519. The number of benzene rings is 1. The predicted molar refractivity (Wildman–Crippen MR) is 109 cm³/mol. The second-order valence-corrected chi connectivity index (χ2v) is 9.58. The Morgan fingerprint density at radius 1 is 1.07 bits per heavy atom. The zero-order valence-corrected chi connectivity index (χ0v) is 17.2. The lowest BCUT2D eigenvalue weighted by Gasteiger charge is -2.36. The number of esters is 1. The Morgan fingerprint density at radius 2 is 1.75 bits per heavy atom. The van der Waals surface area contributed by atoms with Crippen molar-refractivity contribution in [1.29, 1.82) is 0 Å². The fraction of sp³-hybridized carbons (Fsp3) is 0.583. The van der Waals surface area contributed by atoms with Gasteiger partial charge in [-0.2, -0.15) is 0 Å². The Hall–Kier alpha value is -2.10. The van der Waals surface area contributed by atoms with E-state index in [9.17, 15) is 9.59 Å². The maximum absolute atomic E-state index is 12.6. The molecule has 2 aromatic rings. The number of aryl methyl sites for hydroxylation is 2. The van der Waals surface area contributed by atoms with E-state index < -0.39 is 0 Å². The van der Waals surface area contributed by atoms with Gasteiger partial charge in [-0.05, 0) is 79.5 Å². The van der Waals surface area contributed by atoms with E-state index in [-0.39, 0.29) is 24.1 Å². The molecule has 4 nitrogen and oxygen atoms in total. The maximum Gasteiger partial charge on any atom is 0.336 e. The highest BCUT2D eigenvalue weighted by atomic mass is 16.5. The fourth-order valence-electron chi connectivity index (χ4n) is 4.88. The summed E-state index contributed by atoms with van der Waals surface area (Å²) in [4.78, 5) is 24.6. The Morgan fingerprint density at radius 3 is 2.43 bits per heavy atom. The van der Waals surface area contributed by atoms with Gasteiger partial charge in [0.05, 0.1) is 5.92 Å². The standard InChI is InChI=1S/C24H30O4/c1-24(2,3)19-9-7-15(8-10-19)23(26)27-14-18-13-22(25)28-21-12-17-6-4-5-16(17)11-20(18)21/h11-13,15,19H,4-10,14H2,1-3H3. The van der Waals surface area contributed by atoms with Crippen molar-refractivity contribution in [3.63, 3.8) is 0 Å². The largest absolute Gasteiger partial charge is 0.461 e. The van der Waals surface area contributed by atoms with Gasteiger partial charge in [0, 0.05) is 17.0 Å². The number of rotatable bonds is 3. The highest BCUT2D eigenvalue weighted by molar-refractivity contribution is 5.82. The van der Waals surface area contributed by atoms with Crippen LogP contribution in [0.25, 0.3) is 11.0 Å². The quantitative estimate of drug-likeness (QED) is 0.542. The summed E-state index contributed by atoms with van der Waals surface area (Å²) < 4.78 is 11.0. The van der Waals surface area contributed by atoms with Crippen molar-refractivity contribution in [3.05, 3.63) is 45.3 Å².